The highest BCUT2D eigenvalue weighted by Crippen LogP contribution is 2.42. The number of ether oxygens (including phenoxy) is 2. The fraction of sp³-hybridized carbons (Fsp3) is 0.308. The van der Waals surface area contributed by atoms with Gasteiger partial charge in [0.1, 0.15) is 30.5 Å². The second-order valence-corrected chi connectivity index (χ2v) is 9.29. The third-order valence-corrected chi connectivity index (χ3v) is 7.12. The van der Waals surface area contributed by atoms with Crippen LogP contribution in [0.1, 0.15) is 31.2 Å². The van der Waals surface area contributed by atoms with Gasteiger partial charge in [-0.15, -0.1) is 0 Å². The lowest BCUT2D eigenvalue weighted by Gasteiger charge is -2.31. The Kier molecular flexibility index (Phi) is 4.45. The third kappa shape index (κ3) is 3.30. The maximum atomic E-state index is 12.4. The van der Waals surface area contributed by atoms with Crippen LogP contribution in [-0.4, -0.2) is 41.0 Å². The number of fused-ring (bicyclic) bond motifs is 6. The quantitative estimate of drug-likeness (QED) is 0.623. The summed E-state index contributed by atoms with van der Waals surface area (Å²) in [5, 5.41) is 3.31. The second-order valence-electron chi connectivity index (χ2n) is 9.29. The van der Waals surface area contributed by atoms with Crippen LogP contribution in [0.4, 0.5) is 22.9 Å². The summed E-state index contributed by atoms with van der Waals surface area (Å²) in [5.41, 5.74) is 5.31. The van der Waals surface area contributed by atoms with Crippen LogP contribution in [0.25, 0.3) is 11.1 Å². The molecule has 1 aromatic carbocycles. The van der Waals surface area contributed by atoms with Gasteiger partial charge in [0, 0.05) is 54.0 Å². The van der Waals surface area contributed by atoms with E-state index in [1.165, 1.54) is 0 Å². The number of nitrogens with zero attached hydrogens (tertiary/aromatic N) is 4. The lowest BCUT2D eigenvalue weighted by molar-refractivity contribution is -0.118. The Balaban J connectivity index is 1.16. The highest BCUT2D eigenvalue weighted by molar-refractivity contribution is 5.98. The van der Waals surface area contributed by atoms with Gasteiger partial charge in [-0.2, -0.15) is 0 Å². The summed E-state index contributed by atoms with van der Waals surface area (Å²) in [6.45, 7) is 1.65. The van der Waals surface area contributed by atoms with Crippen molar-refractivity contribution in [1.29, 1.82) is 0 Å². The van der Waals surface area contributed by atoms with E-state index in [4.69, 9.17) is 9.47 Å². The molecule has 9 heteroatoms. The zero-order valence-corrected chi connectivity index (χ0v) is 19.0. The molecule has 6 heterocycles. The van der Waals surface area contributed by atoms with Crippen molar-refractivity contribution in [3.05, 3.63) is 48.3 Å². The number of anilines is 4. The molecule has 0 bridgehead atoms. The Morgan fingerprint density at radius 2 is 1.91 bits per heavy atom. The topological polar surface area (TPSA) is 96.9 Å². The van der Waals surface area contributed by atoms with E-state index in [9.17, 15) is 9.59 Å². The van der Waals surface area contributed by atoms with Crippen molar-refractivity contribution in [2.24, 2.45) is 0 Å². The predicted molar refractivity (Wildman–Crippen MR) is 129 cm³/mol. The van der Waals surface area contributed by atoms with Crippen molar-refractivity contribution in [2.75, 3.05) is 28.3 Å². The number of nitrogens with one attached hydrogen (secondary N) is 1. The van der Waals surface area contributed by atoms with E-state index < -0.39 is 0 Å². The van der Waals surface area contributed by atoms with Crippen LogP contribution in [0.3, 0.4) is 0 Å². The van der Waals surface area contributed by atoms with Gasteiger partial charge in [-0.25, -0.2) is 9.97 Å². The molecule has 2 aromatic heterocycles. The standard InChI is InChI=1S/C26H23N5O4/c32-24-2-1-7-30(24)17-3-5-19-20-12-27-23(8-15(20)13-34-22(19)10-17)29-16-9-21-26(28-11-16)35-14-18-4-6-25(33)31(18)21/h3,5,8-12,18H,1-2,4,6-7,13-14H2,(H,27,29)/t18-/m1/s1. The monoisotopic (exact) mass is 469 g/mol. The van der Waals surface area contributed by atoms with Crippen LogP contribution >= 0.6 is 0 Å². The maximum absolute atomic E-state index is 12.4. The molecular formula is C26H23N5O4. The number of pyridine rings is 2. The van der Waals surface area contributed by atoms with Gasteiger partial charge < -0.3 is 24.6 Å². The number of hydrogen-bond donors (Lipinski definition) is 1. The second kappa shape index (κ2) is 7.69. The van der Waals surface area contributed by atoms with Crippen molar-refractivity contribution in [2.45, 2.75) is 38.3 Å². The van der Waals surface area contributed by atoms with Gasteiger partial charge in [0.2, 0.25) is 17.7 Å². The van der Waals surface area contributed by atoms with Crippen LogP contribution in [0.15, 0.2) is 42.7 Å². The molecule has 7 rings (SSSR count). The first-order valence-electron chi connectivity index (χ1n) is 11.9. The van der Waals surface area contributed by atoms with E-state index in [0.29, 0.717) is 43.4 Å². The molecular weight excluding hydrogens is 446 g/mol. The molecule has 2 fully saturated rings. The Morgan fingerprint density at radius 3 is 2.80 bits per heavy atom. The molecule has 9 nitrogen and oxygen atoms in total. The van der Waals surface area contributed by atoms with Crippen LogP contribution < -0.4 is 24.6 Å². The zero-order valence-electron chi connectivity index (χ0n) is 19.0. The number of amides is 2. The lowest BCUT2D eigenvalue weighted by atomic mass is 9.98. The highest BCUT2D eigenvalue weighted by atomic mass is 16.5. The van der Waals surface area contributed by atoms with E-state index in [-0.39, 0.29) is 17.9 Å². The Morgan fingerprint density at radius 1 is 0.971 bits per heavy atom. The van der Waals surface area contributed by atoms with E-state index in [1.54, 1.807) is 6.20 Å². The summed E-state index contributed by atoms with van der Waals surface area (Å²) in [4.78, 5) is 37.2. The molecule has 4 aliphatic rings. The first kappa shape index (κ1) is 20.3. The number of rotatable bonds is 3. The highest BCUT2D eigenvalue weighted by Gasteiger charge is 2.38. The average Bonchev–Trinajstić information content (AvgIpc) is 3.49. The number of benzene rings is 1. The minimum Gasteiger partial charge on any atom is -0.488 e. The maximum Gasteiger partial charge on any atom is 0.238 e. The fourth-order valence-corrected chi connectivity index (χ4v) is 5.37. The number of carbonyl (C=O) groups excluding carboxylic acids is 2. The normalized spacial score (nSPS) is 19.9. The number of aromatic nitrogens is 2. The molecule has 1 atom stereocenters. The third-order valence-electron chi connectivity index (χ3n) is 7.12. The van der Waals surface area contributed by atoms with E-state index >= 15 is 0 Å². The summed E-state index contributed by atoms with van der Waals surface area (Å²) in [5.74, 6) is 2.18. The first-order valence-corrected chi connectivity index (χ1v) is 11.9. The van der Waals surface area contributed by atoms with Gasteiger partial charge in [0.15, 0.2) is 0 Å². The van der Waals surface area contributed by atoms with Gasteiger partial charge in [0.25, 0.3) is 0 Å². The van der Waals surface area contributed by atoms with Crippen molar-refractivity contribution in [1.82, 2.24) is 9.97 Å². The molecule has 0 spiro atoms. The number of carbonyl (C=O) groups is 2. The van der Waals surface area contributed by atoms with Gasteiger partial charge >= 0.3 is 0 Å². The van der Waals surface area contributed by atoms with Gasteiger partial charge in [-0.1, -0.05) is 0 Å². The molecule has 2 saturated heterocycles. The van der Waals surface area contributed by atoms with Crippen molar-refractivity contribution in [3.63, 3.8) is 0 Å². The predicted octanol–water partition coefficient (Wildman–Crippen LogP) is 3.79. The van der Waals surface area contributed by atoms with Crippen molar-refractivity contribution in [3.8, 4) is 22.8 Å². The zero-order chi connectivity index (χ0) is 23.5. The summed E-state index contributed by atoms with van der Waals surface area (Å²) in [7, 11) is 0. The van der Waals surface area contributed by atoms with E-state index in [2.05, 4.69) is 15.3 Å². The largest absolute Gasteiger partial charge is 0.488 e. The van der Waals surface area contributed by atoms with Gasteiger partial charge in [-0.3, -0.25) is 9.59 Å². The molecule has 0 radical (unpaired) electrons. The molecule has 4 aliphatic heterocycles. The van der Waals surface area contributed by atoms with Crippen LogP contribution in [0, 0.1) is 0 Å². The Bertz CT molecular complexity index is 1390. The summed E-state index contributed by atoms with van der Waals surface area (Å²) < 4.78 is 11.8. The van der Waals surface area contributed by atoms with Crippen LogP contribution in [0.5, 0.6) is 11.6 Å². The summed E-state index contributed by atoms with van der Waals surface area (Å²) in [6, 6.07) is 9.86. The molecule has 3 aromatic rings. The molecule has 0 aliphatic carbocycles. The molecule has 0 saturated carbocycles. The minimum absolute atomic E-state index is 0.0789. The van der Waals surface area contributed by atoms with Crippen molar-refractivity contribution < 1.29 is 19.1 Å². The smallest absolute Gasteiger partial charge is 0.238 e. The Labute approximate surface area is 201 Å². The molecule has 1 N–H and O–H groups in total. The molecule has 2 amide bonds. The molecule has 0 unspecified atom stereocenters. The van der Waals surface area contributed by atoms with Crippen molar-refractivity contribution >= 4 is 34.7 Å². The van der Waals surface area contributed by atoms with Gasteiger partial charge in [0.05, 0.1) is 17.9 Å². The Hall–Kier alpha value is -4.14. The SMILES string of the molecule is O=C1CCCN1c1ccc2c(c1)OCc1cc(Nc3cnc4c(c3)N3C(=O)CC[C@@H]3CO4)ncc1-2. The van der Waals surface area contributed by atoms with Crippen LogP contribution in [0.2, 0.25) is 0 Å². The van der Waals surface area contributed by atoms with Crippen LogP contribution in [-0.2, 0) is 16.2 Å². The number of hydrogen-bond acceptors (Lipinski definition) is 7. The van der Waals surface area contributed by atoms with E-state index in [1.807, 2.05) is 46.3 Å². The minimum atomic E-state index is 0.0789. The summed E-state index contributed by atoms with van der Waals surface area (Å²) in [6.07, 6.45) is 6.36. The van der Waals surface area contributed by atoms with E-state index in [0.717, 1.165) is 53.2 Å². The summed E-state index contributed by atoms with van der Waals surface area (Å²) >= 11 is 0. The fourth-order valence-electron chi connectivity index (χ4n) is 5.37. The average molecular weight is 470 g/mol. The van der Waals surface area contributed by atoms with Gasteiger partial charge in [-0.05, 0) is 37.1 Å². The molecule has 35 heavy (non-hydrogen) atoms. The first-order chi connectivity index (χ1) is 17.1. The lowest BCUT2D eigenvalue weighted by Crippen LogP contribution is -2.40. The molecule has 176 valence electrons.